The molecule has 23 heavy (non-hydrogen) atoms. The van der Waals surface area contributed by atoms with Crippen LogP contribution in [0.2, 0.25) is 10.0 Å². The molecular weight excluding hydrogens is 337 g/mol. The molecule has 2 rings (SSSR count). The third-order valence-corrected chi connectivity index (χ3v) is 4.80. The molecule has 1 aliphatic carbocycles. The summed E-state index contributed by atoms with van der Waals surface area (Å²) in [6.45, 7) is 0. The van der Waals surface area contributed by atoms with Gasteiger partial charge in [0.1, 0.15) is 6.04 Å². The van der Waals surface area contributed by atoms with Crippen LogP contribution in [0.3, 0.4) is 0 Å². The number of hydrogen-bond donors (Lipinski definition) is 1. The van der Waals surface area contributed by atoms with Crippen molar-refractivity contribution in [3.8, 4) is 0 Å². The molecule has 126 valence electrons. The van der Waals surface area contributed by atoms with E-state index in [1.807, 2.05) is 0 Å². The van der Waals surface area contributed by atoms with Gasteiger partial charge in [-0.05, 0) is 30.5 Å². The largest absolute Gasteiger partial charge is 0.467 e. The van der Waals surface area contributed by atoms with Crippen molar-refractivity contribution in [3.63, 3.8) is 0 Å². The lowest BCUT2D eigenvalue weighted by molar-refractivity contribution is -0.145. The monoisotopic (exact) mass is 357 g/mol. The van der Waals surface area contributed by atoms with Gasteiger partial charge in [-0.3, -0.25) is 4.79 Å². The second-order valence-electron chi connectivity index (χ2n) is 5.86. The van der Waals surface area contributed by atoms with Crippen LogP contribution in [-0.4, -0.2) is 25.0 Å². The molecule has 0 heterocycles. The lowest BCUT2D eigenvalue weighted by Gasteiger charge is -2.24. The lowest BCUT2D eigenvalue weighted by atomic mass is 9.88. The van der Waals surface area contributed by atoms with Crippen LogP contribution >= 0.6 is 23.2 Å². The van der Waals surface area contributed by atoms with Crippen LogP contribution in [0.1, 0.15) is 37.7 Å². The number of carbonyl (C=O) groups is 2. The maximum atomic E-state index is 12.4. The Bertz CT molecular complexity index is 571. The number of ether oxygens (including phenoxy) is 1. The Morgan fingerprint density at radius 1 is 1.26 bits per heavy atom. The highest BCUT2D eigenvalue weighted by Crippen LogP contribution is 2.25. The van der Waals surface area contributed by atoms with E-state index in [0.29, 0.717) is 10.0 Å². The first-order valence-electron chi connectivity index (χ1n) is 7.83. The maximum Gasteiger partial charge on any atom is 0.328 e. The van der Waals surface area contributed by atoms with Crippen LogP contribution in [0.25, 0.3) is 0 Å². The Kier molecular flexibility index (Phi) is 6.72. The van der Waals surface area contributed by atoms with Crippen molar-refractivity contribution >= 4 is 35.1 Å². The third kappa shape index (κ3) is 5.11. The summed E-state index contributed by atoms with van der Waals surface area (Å²) < 4.78 is 4.81. The van der Waals surface area contributed by atoms with Gasteiger partial charge in [0, 0.05) is 22.4 Å². The first-order chi connectivity index (χ1) is 11.0. The molecule has 1 aliphatic rings. The van der Waals surface area contributed by atoms with Gasteiger partial charge in [0.25, 0.3) is 0 Å². The summed E-state index contributed by atoms with van der Waals surface area (Å²) >= 11 is 12.0. The Balaban J connectivity index is 2.07. The second kappa shape index (κ2) is 8.55. The molecule has 1 saturated carbocycles. The first-order valence-corrected chi connectivity index (χ1v) is 8.59. The minimum absolute atomic E-state index is 0.0170. The molecule has 0 aliphatic heterocycles. The fourth-order valence-electron chi connectivity index (χ4n) is 2.90. The Hall–Kier alpha value is -1.26. The van der Waals surface area contributed by atoms with E-state index >= 15 is 0 Å². The highest BCUT2D eigenvalue weighted by Gasteiger charge is 2.27. The number of nitrogens with one attached hydrogen (secondary N) is 1. The van der Waals surface area contributed by atoms with Gasteiger partial charge in [-0.15, -0.1) is 0 Å². The zero-order chi connectivity index (χ0) is 16.8. The summed E-state index contributed by atoms with van der Waals surface area (Å²) in [5.41, 5.74) is 0.746. The van der Waals surface area contributed by atoms with E-state index in [1.165, 1.54) is 13.5 Å². The van der Waals surface area contributed by atoms with Crippen LogP contribution in [0, 0.1) is 5.92 Å². The maximum absolute atomic E-state index is 12.4. The third-order valence-electron chi connectivity index (χ3n) is 4.22. The molecule has 6 heteroatoms. The predicted octanol–water partition coefficient (Wildman–Crippen LogP) is 3.77. The van der Waals surface area contributed by atoms with E-state index in [4.69, 9.17) is 27.9 Å². The summed E-state index contributed by atoms with van der Waals surface area (Å²) in [7, 11) is 1.31. The van der Waals surface area contributed by atoms with Crippen molar-refractivity contribution in [2.45, 2.75) is 44.6 Å². The van der Waals surface area contributed by atoms with Gasteiger partial charge in [-0.25, -0.2) is 4.79 Å². The van der Waals surface area contributed by atoms with Gasteiger partial charge in [0.15, 0.2) is 0 Å². The minimum Gasteiger partial charge on any atom is -0.467 e. The van der Waals surface area contributed by atoms with Gasteiger partial charge >= 0.3 is 5.97 Å². The molecular formula is C17H21Cl2NO3. The zero-order valence-electron chi connectivity index (χ0n) is 13.1. The molecule has 0 aromatic heterocycles. The minimum atomic E-state index is -0.742. The number of amides is 1. The fraction of sp³-hybridized carbons (Fsp3) is 0.529. The SMILES string of the molecule is COC(=O)[C@@H](Cc1ccc(Cl)cc1Cl)NC(=O)C1CCCCC1. The van der Waals surface area contributed by atoms with Crippen LogP contribution in [0.15, 0.2) is 18.2 Å². The molecule has 4 nitrogen and oxygen atoms in total. The van der Waals surface area contributed by atoms with E-state index in [0.717, 1.165) is 31.2 Å². The Morgan fingerprint density at radius 3 is 2.57 bits per heavy atom. The normalized spacial score (nSPS) is 16.7. The van der Waals surface area contributed by atoms with Crippen molar-refractivity contribution in [2.75, 3.05) is 7.11 Å². The summed E-state index contributed by atoms with van der Waals surface area (Å²) in [6, 6.07) is 4.34. The van der Waals surface area contributed by atoms with Gasteiger partial charge < -0.3 is 10.1 Å². The molecule has 1 aromatic rings. The smallest absolute Gasteiger partial charge is 0.328 e. The van der Waals surface area contributed by atoms with E-state index in [1.54, 1.807) is 18.2 Å². The molecule has 0 radical (unpaired) electrons. The molecule has 0 saturated heterocycles. The number of carbonyl (C=O) groups excluding carboxylic acids is 2. The summed E-state index contributed by atoms with van der Waals surface area (Å²) in [4.78, 5) is 24.4. The van der Waals surface area contributed by atoms with Crippen molar-refractivity contribution in [1.29, 1.82) is 0 Å². The number of rotatable bonds is 5. The molecule has 1 fully saturated rings. The number of methoxy groups -OCH3 is 1. The standard InChI is InChI=1S/C17H21Cl2NO3/c1-23-17(22)15(9-12-7-8-13(18)10-14(12)19)20-16(21)11-5-3-2-4-6-11/h7-8,10-11,15H,2-6,9H2,1H3,(H,20,21)/t15-/m1/s1. The highest BCUT2D eigenvalue weighted by atomic mass is 35.5. The molecule has 1 atom stereocenters. The average molecular weight is 358 g/mol. The topological polar surface area (TPSA) is 55.4 Å². The highest BCUT2D eigenvalue weighted by molar-refractivity contribution is 6.35. The molecule has 1 amide bonds. The van der Waals surface area contributed by atoms with Crippen molar-refractivity contribution in [1.82, 2.24) is 5.32 Å². The Labute approximate surface area is 146 Å². The van der Waals surface area contributed by atoms with Gasteiger partial charge in [-0.2, -0.15) is 0 Å². The lowest BCUT2D eigenvalue weighted by Crippen LogP contribution is -2.45. The summed E-state index contributed by atoms with van der Waals surface area (Å²) in [5.74, 6) is -0.568. The van der Waals surface area contributed by atoms with E-state index in [2.05, 4.69) is 5.32 Å². The van der Waals surface area contributed by atoms with E-state index < -0.39 is 12.0 Å². The Morgan fingerprint density at radius 2 is 1.96 bits per heavy atom. The predicted molar refractivity (Wildman–Crippen MR) is 90.7 cm³/mol. The average Bonchev–Trinajstić information content (AvgIpc) is 2.56. The van der Waals surface area contributed by atoms with Crippen molar-refractivity contribution < 1.29 is 14.3 Å². The van der Waals surface area contributed by atoms with Crippen LogP contribution in [-0.2, 0) is 20.7 Å². The first kappa shape index (κ1) is 18.1. The van der Waals surface area contributed by atoms with E-state index in [-0.39, 0.29) is 18.2 Å². The molecule has 0 spiro atoms. The molecule has 1 N–H and O–H groups in total. The van der Waals surface area contributed by atoms with Gasteiger partial charge in [0.2, 0.25) is 5.91 Å². The molecule has 0 bridgehead atoms. The fourth-order valence-corrected chi connectivity index (χ4v) is 3.38. The number of hydrogen-bond acceptors (Lipinski definition) is 3. The summed E-state index contributed by atoms with van der Waals surface area (Å²) in [6.07, 6.45) is 5.32. The van der Waals surface area contributed by atoms with E-state index in [9.17, 15) is 9.59 Å². The van der Waals surface area contributed by atoms with Crippen LogP contribution < -0.4 is 5.32 Å². The zero-order valence-corrected chi connectivity index (χ0v) is 14.6. The van der Waals surface area contributed by atoms with Gasteiger partial charge in [0.05, 0.1) is 7.11 Å². The van der Waals surface area contributed by atoms with Crippen LogP contribution in [0.4, 0.5) is 0 Å². The number of esters is 1. The second-order valence-corrected chi connectivity index (χ2v) is 6.70. The van der Waals surface area contributed by atoms with Crippen molar-refractivity contribution in [3.05, 3.63) is 33.8 Å². The number of halogens is 2. The molecule has 1 aromatic carbocycles. The molecule has 0 unspecified atom stereocenters. The quantitative estimate of drug-likeness (QED) is 0.815. The summed E-state index contributed by atoms with van der Waals surface area (Å²) in [5, 5.41) is 3.82. The number of benzene rings is 1. The van der Waals surface area contributed by atoms with Crippen LogP contribution in [0.5, 0.6) is 0 Å². The van der Waals surface area contributed by atoms with Gasteiger partial charge in [-0.1, -0.05) is 48.5 Å². The van der Waals surface area contributed by atoms with Crippen molar-refractivity contribution in [2.24, 2.45) is 5.92 Å².